The quantitative estimate of drug-likeness (QED) is 0.416. The predicted molar refractivity (Wildman–Crippen MR) is 29.1 cm³/mol. The molecule has 0 aliphatic rings. The average molecular weight is 132 g/mol. The van der Waals surface area contributed by atoms with Gasteiger partial charge in [0.2, 0.25) is 0 Å². The summed E-state index contributed by atoms with van der Waals surface area (Å²) < 4.78 is 0. The summed E-state index contributed by atoms with van der Waals surface area (Å²) in [5.41, 5.74) is 0. The van der Waals surface area contributed by atoms with E-state index in [1.165, 1.54) is 13.1 Å². The summed E-state index contributed by atoms with van der Waals surface area (Å²) in [5, 5.41) is 0. The van der Waals surface area contributed by atoms with Crippen LogP contribution < -0.4 is 0 Å². The molecule has 0 fully saturated rings. The molecular formula is C2H9KO2Si. The van der Waals surface area contributed by atoms with Crippen LogP contribution in [0.15, 0.2) is 0 Å². The molecule has 0 radical (unpaired) electrons. The number of rotatable bonds is 0. The second-order valence-corrected chi connectivity index (χ2v) is 4.48. The van der Waals surface area contributed by atoms with Crippen molar-refractivity contribution in [3.8, 4) is 0 Å². The summed E-state index contributed by atoms with van der Waals surface area (Å²) in [6.45, 7) is 2.88. The minimum absolute atomic E-state index is 0. The van der Waals surface area contributed by atoms with Gasteiger partial charge in [-0.3, -0.25) is 0 Å². The summed E-state index contributed by atoms with van der Waals surface area (Å²) in [6.07, 6.45) is 0. The molecule has 2 nitrogen and oxygen atoms in total. The molecule has 0 aliphatic carbocycles. The van der Waals surface area contributed by atoms with Crippen LogP contribution >= 0.6 is 0 Å². The van der Waals surface area contributed by atoms with Gasteiger partial charge in [0.05, 0.1) is 0 Å². The molecule has 6 heavy (non-hydrogen) atoms. The Hall–Kier alpha value is 1.77. The molecule has 34 valence electrons. The van der Waals surface area contributed by atoms with E-state index in [1.54, 1.807) is 0 Å². The Balaban J connectivity index is 0. The first-order valence-corrected chi connectivity index (χ1v) is 4.34. The fourth-order valence-electron chi connectivity index (χ4n) is 0. The summed E-state index contributed by atoms with van der Waals surface area (Å²) in [5.74, 6) is 0. The van der Waals surface area contributed by atoms with Gasteiger partial charge in [-0.25, -0.2) is 0 Å². The monoisotopic (exact) mass is 132 g/mol. The molecule has 0 saturated heterocycles. The molecule has 0 bridgehead atoms. The van der Waals surface area contributed by atoms with Crippen LogP contribution in [0.4, 0.5) is 0 Å². The van der Waals surface area contributed by atoms with E-state index in [2.05, 4.69) is 0 Å². The molecule has 0 aromatic heterocycles. The van der Waals surface area contributed by atoms with Gasteiger partial charge < -0.3 is 9.59 Å². The fraction of sp³-hybridized carbons (Fsp3) is 1.00. The van der Waals surface area contributed by atoms with Crippen LogP contribution in [-0.4, -0.2) is 69.5 Å². The van der Waals surface area contributed by atoms with Crippen molar-refractivity contribution in [1.29, 1.82) is 0 Å². The van der Waals surface area contributed by atoms with Crippen LogP contribution in [0.2, 0.25) is 13.1 Å². The standard InChI is InChI=1S/C2H8O2Si.K.H/c1-5(2,3)4;;/h3-4H,1-2H3;;. The molecule has 0 amide bonds. The van der Waals surface area contributed by atoms with Crippen molar-refractivity contribution in [2.24, 2.45) is 0 Å². The Kier molecular flexibility index (Phi) is 6.66. The Labute approximate surface area is 81.2 Å². The zero-order valence-corrected chi connectivity index (χ0v) is 4.39. The number of hydrogen-bond donors (Lipinski definition) is 2. The molecule has 2 N–H and O–H groups in total. The van der Waals surface area contributed by atoms with Crippen LogP contribution in [-0.2, 0) is 0 Å². The molecule has 0 spiro atoms. The van der Waals surface area contributed by atoms with E-state index < -0.39 is 8.56 Å². The second kappa shape index (κ2) is 3.74. The Bertz CT molecular complexity index is 27.0. The van der Waals surface area contributed by atoms with Crippen LogP contribution in [0.3, 0.4) is 0 Å². The van der Waals surface area contributed by atoms with E-state index in [-0.39, 0.29) is 51.4 Å². The fourth-order valence-corrected chi connectivity index (χ4v) is 0. The zero-order chi connectivity index (χ0) is 4.50. The van der Waals surface area contributed by atoms with Crippen molar-refractivity contribution in [1.82, 2.24) is 0 Å². The van der Waals surface area contributed by atoms with Crippen molar-refractivity contribution in [3.63, 3.8) is 0 Å². The average Bonchev–Trinajstić information content (AvgIpc) is 0.722. The van der Waals surface area contributed by atoms with Gasteiger partial charge in [0.25, 0.3) is 0 Å². The molecule has 4 heteroatoms. The van der Waals surface area contributed by atoms with Crippen molar-refractivity contribution in [2.45, 2.75) is 13.1 Å². The summed E-state index contributed by atoms with van der Waals surface area (Å²) in [4.78, 5) is 16.4. The SMILES string of the molecule is C[Si](C)(O)O.[KH]. The molecule has 0 saturated carbocycles. The van der Waals surface area contributed by atoms with E-state index in [4.69, 9.17) is 9.59 Å². The summed E-state index contributed by atoms with van der Waals surface area (Å²) in [6, 6.07) is 0. The maximum atomic E-state index is 8.22. The molecule has 0 aromatic rings. The van der Waals surface area contributed by atoms with Gasteiger partial charge in [-0.2, -0.15) is 0 Å². The van der Waals surface area contributed by atoms with Gasteiger partial charge in [0.1, 0.15) is 0 Å². The summed E-state index contributed by atoms with van der Waals surface area (Å²) >= 11 is 0. The topological polar surface area (TPSA) is 40.5 Å². The first-order valence-electron chi connectivity index (χ1n) is 1.45. The molecule has 0 heterocycles. The molecular weight excluding hydrogens is 123 g/mol. The second-order valence-electron chi connectivity index (χ2n) is 1.49. The van der Waals surface area contributed by atoms with Gasteiger partial charge in [-0.15, -0.1) is 0 Å². The normalized spacial score (nSPS) is 10.0. The van der Waals surface area contributed by atoms with Crippen LogP contribution in [0, 0.1) is 0 Å². The molecule has 0 aromatic carbocycles. The van der Waals surface area contributed by atoms with Gasteiger partial charge in [-0.05, 0) is 13.1 Å². The van der Waals surface area contributed by atoms with E-state index >= 15 is 0 Å². The first-order chi connectivity index (χ1) is 2.00. The van der Waals surface area contributed by atoms with Crippen LogP contribution in [0.25, 0.3) is 0 Å². The van der Waals surface area contributed by atoms with E-state index in [0.29, 0.717) is 0 Å². The number of hydrogen-bond acceptors (Lipinski definition) is 2. The van der Waals surface area contributed by atoms with E-state index in [1.807, 2.05) is 0 Å². The third-order valence-electron chi connectivity index (χ3n) is 0. The van der Waals surface area contributed by atoms with Crippen molar-refractivity contribution in [3.05, 3.63) is 0 Å². The van der Waals surface area contributed by atoms with Crippen molar-refractivity contribution < 1.29 is 9.59 Å². The van der Waals surface area contributed by atoms with Crippen molar-refractivity contribution in [2.75, 3.05) is 0 Å². The zero-order valence-electron chi connectivity index (χ0n) is 3.39. The van der Waals surface area contributed by atoms with Gasteiger partial charge in [0.15, 0.2) is 0 Å². The third-order valence-corrected chi connectivity index (χ3v) is 0. The van der Waals surface area contributed by atoms with Crippen molar-refractivity contribution >= 4 is 59.9 Å². The Morgan fingerprint density at radius 3 is 1.17 bits per heavy atom. The van der Waals surface area contributed by atoms with E-state index in [0.717, 1.165) is 0 Å². The summed E-state index contributed by atoms with van der Waals surface area (Å²) in [7, 11) is -2.61. The van der Waals surface area contributed by atoms with Gasteiger partial charge in [0, 0.05) is 0 Å². The maximum absolute atomic E-state index is 8.22. The van der Waals surface area contributed by atoms with E-state index in [9.17, 15) is 0 Å². The predicted octanol–water partition coefficient (Wildman–Crippen LogP) is -0.976. The molecule has 0 aliphatic heterocycles. The minimum atomic E-state index is -2.61. The Morgan fingerprint density at radius 2 is 1.17 bits per heavy atom. The Morgan fingerprint density at radius 1 is 1.17 bits per heavy atom. The van der Waals surface area contributed by atoms with Crippen LogP contribution in [0.5, 0.6) is 0 Å². The van der Waals surface area contributed by atoms with Gasteiger partial charge >= 0.3 is 59.9 Å². The third kappa shape index (κ3) is 41.8. The van der Waals surface area contributed by atoms with Gasteiger partial charge in [-0.1, -0.05) is 0 Å². The first kappa shape index (κ1) is 10.7. The van der Waals surface area contributed by atoms with Crippen LogP contribution in [0.1, 0.15) is 0 Å². The molecule has 0 atom stereocenters. The molecule has 0 rings (SSSR count). The molecule has 0 unspecified atom stereocenters.